The summed E-state index contributed by atoms with van der Waals surface area (Å²) in [4.78, 5) is 10.1. The molecule has 0 unspecified atom stereocenters. The predicted octanol–water partition coefficient (Wildman–Crippen LogP) is 4.10. The number of nitrogens with zero attached hydrogens (tertiary/aromatic N) is 3. The molecular formula is C17H17N3OS. The van der Waals surface area contributed by atoms with Gasteiger partial charge in [-0.25, -0.2) is 4.98 Å². The van der Waals surface area contributed by atoms with E-state index in [9.17, 15) is 0 Å². The molecule has 1 aromatic heterocycles. The lowest BCUT2D eigenvalue weighted by Gasteiger charge is -2.19. The Kier molecular flexibility index (Phi) is 4.04. The van der Waals surface area contributed by atoms with E-state index >= 15 is 0 Å². The Bertz CT molecular complexity index is 757. The van der Waals surface area contributed by atoms with Crippen molar-refractivity contribution in [3.8, 4) is 17.7 Å². The normalized spacial score (nSPS) is 13.4. The van der Waals surface area contributed by atoms with Crippen molar-refractivity contribution in [1.29, 1.82) is 5.26 Å². The van der Waals surface area contributed by atoms with Crippen LogP contribution < -0.4 is 4.74 Å². The molecule has 1 aliphatic rings. The van der Waals surface area contributed by atoms with Crippen LogP contribution in [-0.2, 0) is 6.42 Å². The molecule has 4 nitrogen and oxygen atoms in total. The Labute approximate surface area is 134 Å². The lowest BCUT2D eigenvalue weighted by molar-refractivity contribution is 0.436. The van der Waals surface area contributed by atoms with Crippen LogP contribution in [0.3, 0.4) is 0 Å². The highest BCUT2D eigenvalue weighted by atomic mass is 32.2. The van der Waals surface area contributed by atoms with Gasteiger partial charge >= 0.3 is 0 Å². The van der Waals surface area contributed by atoms with Crippen LogP contribution in [0.2, 0.25) is 0 Å². The topological polar surface area (TPSA) is 58.8 Å². The number of benzene rings is 1. The van der Waals surface area contributed by atoms with Gasteiger partial charge < -0.3 is 4.74 Å². The summed E-state index contributed by atoms with van der Waals surface area (Å²) in [7, 11) is 0. The van der Waals surface area contributed by atoms with Gasteiger partial charge in [-0.05, 0) is 62.6 Å². The first kappa shape index (κ1) is 14.9. The molecule has 1 aromatic carbocycles. The molecule has 0 fully saturated rings. The number of aryl methyl sites for hydroxylation is 4. The van der Waals surface area contributed by atoms with E-state index in [0.29, 0.717) is 11.4 Å². The minimum atomic E-state index is 0.642. The minimum absolute atomic E-state index is 0.642. The van der Waals surface area contributed by atoms with Crippen molar-refractivity contribution in [3.63, 3.8) is 0 Å². The van der Waals surface area contributed by atoms with Crippen LogP contribution in [0, 0.1) is 32.1 Å². The molecule has 5 heteroatoms. The molecule has 0 radical (unpaired) electrons. The van der Waals surface area contributed by atoms with E-state index in [1.165, 1.54) is 0 Å². The Balaban J connectivity index is 2.04. The first-order chi connectivity index (χ1) is 10.6. The van der Waals surface area contributed by atoms with Crippen molar-refractivity contribution >= 4 is 11.8 Å². The number of aromatic nitrogens is 2. The molecule has 0 bridgehead atoms. The van der Waals surface area contributed by atoms with E-state index in [1.807, 2.05) is 32.9 Å². The molecule has 0 N–H and O–H groups in total. The second kappa shape index (κ2) is 5.98. The fraction of sp³-hybridized carbons (Fsp3) is 0.353. The lowest BCUT2D eigenvalue weighted by atomic mass is 10.1. The SMILES string of the molecule is Cc1nc2c(c(Oc3c(C)cc(C#N)cc3C)n1)SCCC2. The summed E-state index contributed by atoms with van der Waals surface area (Å²) >= 11 is 1.76. The van der Waals surface area contributed by atoms with E-state index < -0.39 is 0 Å². The molecule has 22 heavy (non-hydrogen) atoms. The van der Waals surface area contributed by atoms with Gasteiger partial charge in [0.15, 0.2) is 0 Å². The first-order valence-corrected chi connectivity index (χ1v) is 8.26. The fourth-order valence-corrected chi connectivity index (χ4v) is 3.68. The van der Waals surface area contributed by atoms with Crippen LogP contribution in [0.15, 0.2) is 17.0 Å². The van der Waals surface area contributed by atoms with Crippen molar-refractivity contribution in [1.82, 2.24) is 9.97 Å². The predicted molar refractivity (Wildman–Crippen MR) is 86.5 cm³/mol. The quantitative estimate of drug-likeness (QED) is 0.835. The van der Waals surface area contributed by atoms with Crippen molar-refractivity contribution in [2.45, 2.75) is 38.5 Å². The van der Waals surface area contributed by atoms with E-state index in [4.69, 9.17) is 10.00 Å². The molecule has 3 rings (SSSR count). The summed E-state index contributed by atoms with van der Waals surface area (Å²) in [6.45, 7) is 5.80. The monoisotopic (exact) mass is 311 g/mol. The van der Waals surface area contributed by atoms with Gasteiger partial charge in [-0.2, -0.15) is 10.2 Å². The van der Waals surface area contributed by atoms with Gasteiger partial charge in [0.2, 0.25) is 5.88 Å². The Morgan fingerprint density at radius 3 is 2.59 bits per heavy atom. The van der Waals surface area contributed by atoms with Gasteiger partial charge in [0, 0.05) is 0 Å². The van der Waals surface area contributed by atoms with Crippen molar-refractivity contribution < 1.29 is 4.74 Å². The molecule has 2 aromatic rings. The van der Waals surface area contributed by atoms with Crippen LogP contribution in [0.5, 0.6) is 11.6 Å². The van der Waals surface area contributed by atoms with Gasteiger partial charge in [0.25, 0.3) is 0 Å². The maximum atomic E-state index is 9.05. The Hall–Kier alpha value is -2.06. The lowest BCUT2D eigenvalue weighted by Crippen LogP contribution is -2.07. The molecule has 0 saturated carbocycles. The summed E-state index contributed by atoms with van der Waals surface area (Å²) in [6.07, 6.45) is 2.12. The maximum absolute atomic E-state index is 9.05. The molecular weight excluding hydrogens is 294 g/mol. The maximum Gasteiger partial charge on any atom is 0.236 e. The summed E-state index contributed by atoms with van der Waals surface area (Å²) in [5.41, 5.74) is 3.63. The summed E-state index contributed by atoms with van der Waals surface area (Å²) in [5.74, 6) is 3.23. The van der Waals surface area contributed by atoms with Gasteiger partial charge in [-0.15, -0.1) is 11.8 Å². The summed E-state index contributed by atoms with van der Waals surface area (Å²) < 4.78 is 6.14. The highest BCUT2D eigenvalue weighted by Gasteiger charge is 2.20. The van der Waals surface area contributed by atoms with Crippen molar-refractivity contribution in [3.05, 3.63) is 40.3 Å². The van der Waals surface area contributed by atoms with Crippen LogP contribution in [-0.4, -0.2) is 15.7 Å². The van der Waals surface area contributed by atoms with Crippen molar-refractivity contribution in [2.24, 2.45) is 0 Å². The molecule has 0 spiro atoms. The number of thioether (sulfide) groups is 1. The van der Waals surface area contributed by atoms with Crippen LogP contribution >= 0.6 is 11.8 Å². The van der Waals surface area contributed by atoms with Gasteiger partial charge in [0.05, 0.1) is 22.2 Å². The third-order valence-corrected chi connectivity index (χ3v) is 4.80. The zero-order valence-corrected chi connectivity index (χ0v) is 13.8. The highest BCUT2D eigenvalue weighted by molar-refractivity contribution is 7.99. The van der Waals surface area contributed by atoms with E-state index in [0.717, 1.165) is 51.9 Å². The average Bonchev–Trinajstić information content (AvgIpc) is 2.50. The molecule has 1 aliphatic heterocycles. The second-order valence-electron chi connectivity index (χ2n) is 5.46. The molecule has 112 valence electrons. The van der Waals surface area contributed by atoms with Gasteiger partial charge in [-0.3, -0.25) is 0 Å². The van der Waals surface area contributed by atoms with Gasteiger partial charge in [-0.1, -0.05) is 0 Å². The molecule has 0 aliphatic carbocycles. The standard InChI is InChI=1S/C17H17N3OS/c1-10-7-13(9-18)8-11(2)15(10)21-17-16-14(5-4-6-22-16)19-12(3)20-17/h7-8H,4-6H2,1-3H3. The summed E-state index contributed by atoms with van der Waals surface area (Å²) in [5, 5.41) is 9.05. The fourth-order valence-electron chi connectivity index (χ4n) is 2.66. The minimum Gasteiger partial charge on any atom is -0.437 e. The third-order valence-electron chi connectivity index (χ3n) is 3.61. The number of ether oxygens (including phenoxy) is 1. The van der Waals surface area contributed by atoms with Crippen LogP contribution in [0.25, 0.3) is 0 Å². The molecule has 0 saturated heterocycles. The smallest absolute Gasteiger partial charge is 0.236 e. The number of nitriles is 1. The molecule has 0 atom stereocenters. The Morgan fingerprint density at radius 1 is 1.18 bits per heavy atom. The van der Waals surface area contributed by atoms with Crippen LogP contribution in [0.1, 0.15) is 34.6 Å². The number of hydrogen-bond donors (Lipinski definition) is 0. The number of fused-ring (bicyclic) bond motifs is 1. The first-order valence-electron chi connectivity index (χ1n) is 7.28. The number of rotatable bonds is 2. The highest BCUT2D eigenvalue weighted by Crippen LogP contribution is 2.39. The summed E-state index contributed by atoms with van der Waals surface area (Å²) in [6, 6.07) is 5.86. The third kappa shape index (κ3) is 2.79. The second-order valence-corrected chi connectivity index (χ2v) is 6.56. The largest absolute Gasteiger partial charge is 0.437 e. The zero-order valence-electron chi connectivity index (χ0n) is 12.9. The molecule has 0 amide bonds. The number of hydrogen-bond acceptors (Lipinski definition) is 5. The zero-order chi connectivity index (χ0) is 15.7. The average molecular weight is 311 g/mol. The van der Waals surface area contributed by atoms with Crippen molar-refractivity contribution in [2.75, 3.05) is 5.75 Å². The van der Waals surface area contributed by atoms with Crippen LogP contribution in [0.4, 0.5) is 0 Å². The van der Waals surface area contributed by atoms with Gasteiger partial charge in [0.1, 0.15) is 11.6 Å². The Morgan fingerprint density at radius 2 is 1.91 bits per heavy atom. The van der Waals surface area contributed by atoms with E-state index in [2.05, 4.69) is 16.0 Å². The molecule has 2 heterocycles. The van der Waals surface area contributed by atoms with E-state index in [1.54, 1.807) is 11.8 Å². The van der Waals surface area contributed by atoms with E-state index in [-0.39, 0.29) is 0 Å².